The zero-order valence-corrected chi connectivity index (χ0v) is 16.7. The van der Waals surface area contributed by atoms with Gasteiger partial charge in [-0.1, -0.05) is 19.1 Å². The third kappa shape index (κ3) is 5.35. The molecule has 0 saturated carbocycles. The second kappa shape index (κ2) is 9.56. The number of rotatable bonds is 7. The minimum Gasteiger partial charge on any atom is -0.459 e. The van der Waals surface area contributed by atoms with Crippen LogP contribution in [0.2, 0.25) is 0 Å². The van der Waals surface area contributed by atoms with Gasteiger partial charge in [0.2, 0.25) is 0 Å². The number of benzene rings is 2. The van der Waals surface area contributed by atoms with Crippen LogP contribution in [0.3, 0.4) is 0 Å². The fourth-order valence-electron chi connectivity index (χ4n) is 2.64. The largest absolute Gasteiger partial charge is 0.459 e. The molecule has 0 aliphatic carbocycles. The van der Waals surface area contributed by atoms with Crippen LogP contribution in [-0.2, 0) is 16.0 Å². The molecule has 2 amide bonds. The van der Waals surface area contributed by atoms with Gasteiger partial charge in [0.05, 0.1) is 11.8 Å². The summed E-state index contributed by atoms with van der Waals surface area (Å²) in [5.74, 6) is -1.27. The molecule has 0 aliphatic rings. The number of hydrogen-bond acceptors (Lipinski definition) is 5. The average molecular weight is 406 g/mol. The molecule has 154 valence electrons. The van der Waals surface area contributed by atoms with E-state index >= 15 is 0 Å². The zero-order chi connectivity index (χ0) is 21.5. The van der Waals surface area contributed by atoms with Gasteiger partial charge in [0.15, 0.2) is 11.9 Å². The Morgan fingerprint density at radius 1 is 0.933 bits per heavy atom. The summed E-state index contributed by atoms with van der Waals surface area (Å²) in [7, 11) is 0. The van der Waals surface area contributed by atoms with Gasteiger partial charge in [0.1, 0.15) is 0 Å². The summed E-state index contributed by atoms with van der Waals surface area (Å²) in [6.07, 6.45) is 1.35. The molecule has 30 heavy (non-hydrogen) atoms. The Morgan fingerprint density at radius 2 is 1.57 bits per heavy atom. The van der Waals surface area contributed by atoms with E-state index in [9.17, 15) is 14.4 Å². The molecule has 1 aromatic heterocycles. The SMILES string of the molecule is CCc1ccc(NC(=O)[C@H](C)OC(=O)c2ccc(NC(=O)c3ccco3)cc2)cc1. The number of carbonyl (C=O) groups excluding carboxylic acids is 3. The van der Waals surface area contributed by atoms with Crippen LogP contribution >= 0.6 is 0 Å². The molecule has 0 aliphatic heterocycles. The molecule has 0 saturated heterocycles. The van der Waals surface area contributed by atoms with Gasteiger partial charge in [-0.15, -0.1) is 0 Å². The molecule has 3 rings (SSSR count). The van der Waals surface area contributed by atoms with Crippen LogP contribution in [0.5, 0.6) is 0 Å². The van der Waals surface area contributed by atoms with Gasteiger partial charge < -0.3 is 19.8 Å². The van der Waals surface area contributed by atoms with E-state index in [2.05, 4.69) is 17.6 Å². The molecule has 0 fully saturated rings. The first-order valence-corrected chi connectivity index (χ1v) is 9.52. The number of aryl methyl sites for hydroxylation is 1. The Hall–Kier alpha value is -3.87. The maximum absolute atomic E-state index is 12.3. The zero-order valence-electron chi connectivity index (χ0n) is 16.7. The summed E-state index contributed by atoms with van der Waals surface area (Å²) in [6, 6.07) is 16.8. The van der Waals surface area contributed by atoms with Crippen molar-refractivity contribution < 1.29 is 23.5 Å². The predicted molar refractivity (Wildman–Crippen MR) is 112 cm³/mol. The maximum Gasteiger partial charge on any atom is 0.338 e. The van der Waals surface area contributed by atoms with Crippen LogP contribution in [0.1, 0.15) is 40.3 Å². The highest BCUT2D eigenvalue weighted by atomic mass is 16.5. The molecule has 7 nitrogen and oxygen atoms in total. The van der Waals surface area contributed by atoms with E-state index in [0.29, 0.717) is 11.4 Å². The Bertz CT molecular complexity index is 1010. The first kappa shape index (κ1) is 20.9. The van der Waals surface area contributed by atoms with E-state index < -0.39 is 23.9 Å². The highest BCUT2D eigenvalue weighted by molar-refractivity contribution is 6.02. The average Bonchev–Trinajstić information content (AvgIpc) is 3.30. The lowest BCUT2D eigenvalue weighted by atomic mass is 10.1. The lowest BCUT2D eigenvalue weighted by Crippen LogP contribution is -2.30. The van der Waals surface area contributed by atoms with Crippen molar-refractivity contribution in [3.63, 3.8) is 0 Å². The maximum atomic E-state index is 12.3. The summed E-state index contributed by atoms with van der Waals surface area (Å²) in [6.45, 7) is 3.56. The normalized spacial score (nSPS) is 11.4. The highest BCUT2D eigenvalue weighted by Crippen LogP contribution is 2.14. The van der Waals surface area contributed by atoms with Gasteiger partial charge in [-0.25, -0.2) is 4.79 Å². The third-order valence-corrected chi connectivity index (χ3v) is 4.41. The van der Waals surface area contributed by atoms with Crippen molar-refractivity contribution in [1.82, 2.24) is 0 Å². The van der Waals surface area contributed by atoms with Gasteiger partial charge in [0, 0.05) is 11.4 Å². The minimum atomic E-state index is -0.971. The smallest absolute Gasteiger partial charge is 0.338 e. The Labute approximate surface area is 174 Å². The lowest BCUT2D eigenvalue weighted by Gasteiger charge is -2.14. The van der Waals surface area contributed by atoms with E-state index in [-0.39, 0.29) is 11.3 Å². The van der Waals surface area contributed by atoms with E-state index in [1.807, 2.05) is 12.1 Å². The molecule has 0 unspecified atom stereocenters. The first-order chi connectivity index (χ1) is 14.5. The van der Waals surface area contributed by atoms with Gasteiger partial charge in [-0.05, 0) is 67.4 Å². The van der Waals surface area contributed by atoms with Crippen LogP contribution in [0, 0.1) is 0 Å². The molecule has 1 heterocycles. The fourth-order valence-corrected chi connectivity index (χ4v) is 2.64. The monoisotopic (exact) mass is 406 g/mol. The quantitative estimate of drug-likeness (QED) is 0.571. The van der Waals surface area contributed by atoms with Crippen molar-refractivity contribution in [3.05, 3.63) is 83.8 Å². The van der Waals surface area contributed by atoms with Crippen molar-refractivity contribution >= 4 is 29.2 Å². The first-order valence-electron chi connectivity index (χ1n) is 9.52. The molecular weight excluding hydrogens is 384 g/mol. The van der Waals surface area contributed by atoms with Gasteiger partial charge in [-0.2, -0.15) is 0 Å². The Morgan fingerprint density at radius 3 is 2.17 bits per heavy atom. The predicted octanol–water partition coefficient (Wildman–Crippen LogP) is 4.28. The Kier molecular flexibility index (Phi) is 6.64. The van der Waals surface area contributed by atoms with Crippen molar-refractivity contribution in [2.45, 2.75) is 26.4 Å². The van der Waals surface area contributed by atoms with E-state index in [4.69, 9.17) is 9.15 Å². The topological polar surface area (TPSA) is 97.6 Å². The highest BCUT2D eigenvalue weighted by Gasteiger charge is 2.19. The second-order valence-corrected chi connectivity index (χ2v) is 6.60. The fraction of sp³-hybridized carbons (Fsp3) is 0.174. The number of hydrogen-bond donors (Lipinski definition) is 2. The van der Waals surface area contributed by atoms with Crippen molar-refractivity contribution in [1.29, 1.82) is 0 Å². The summed E-state index contributed by atoms with van der Waals surface area (Å²) < 4.78 is 10.3. The van der Waals surface area contributed by atoms with E-state index in [1.54, 1.807) is 36.4 Å². The second-order valence-electron chi connectivity index (χ2n) is 6.60. The van der Waals surface area contributed by atoms with Crippen molar-refractivity contribution in [2.24, 2.45) is 0 Å². The van der Waals surface area contributed by atoms with Crippen LogP contribution < -0.4 is 10.6 Å². The number of ether oxygens (including phenoxy) is 1. The summed E-state index contributed by atoms with van der Waals surface area (Å²) >= 11 is 0. The van der Waals surface area contributed by atoms with Gasteiger partial charge in [0.25, 0.3) is 11.8 Å². The Balaban J connectivity index is 1.54. The number of furan rings is 1. The molecular formula is C23H22N2O5. The van der Waals surface area contributed by atoms with E-state index in [0.717, 1.165) is 12.0 Å². The number of carbonyl (C=O) groups is 3. The molecule has 3 aromatic rings. The molecule has 2 N–H and O–H groups in total. The molecule has 1 atom stereocenters. The number of esters is 1. The number of nitrogens with one attached hydrogen (secondary N) is 2. The molecule has 7 heteroatoms. The van der Waals surface area contributed by atoms with Crippen LogP contribution in [0.15, 0.2) is 71.3 Å². The summed E-state index contributed by atoms with van der Waals surface area (Å²) in [5, 5.41) is 5.38. The number of anilines is 2. The third-order valence-electron chi connectivity index (χ3n) is 4.41. The molecule has 0 spiro atoms. The summed E-state index contributed by atoms with van der Waals surface area (Å²) in [4.78, 5) is 36.5. The molecule has 0 bridgehead atoms. The molecule has 0 radical (unpaired) electrons. The van der Waals surface area contributed by atoms with Crippen LogP contribution in [-0.4, -0.2) is 23.9 Å². The minimum absolute atomic E-state index is 0.183. The number of amides is 2. The lowest BCUT2D eigenvalue weighted by molar-refractivity contribution is -0.123. The van der Waals surface area contributed by atoms with Crippen LogP contribution in [0.4, 0.5) is 11.4 Å². The summed E-state index contributed by atoms with van der Waals surface area (Å²) in [5.41, 5.74) is 2.56. The van der Waals surface area contributed by atoms with Gasteiger partial charge >= 0.3 is 5.97 Å². The van der Waals surface area contributed by atoms with Crippen molar-refractivity contribution in [2.75, 3.05) is 10.6 Å². The van der Waals surface area contributed by atoms with Crippen molar-refractivity contribution in [3.8, 4) is 0 Å². The standard InChI is InChI=1S/C23H22N2O5/c1-3-16-6-10-18(11-7-16)24-21(26)15(2)30-23(28)17-8-12-19(13-9-17)25-22(27)20-5-4-14-29-20/h4-15H,3H2,1-2H3,(H,24,26)(H,25,27)/t15-/m0/s1. The van der Waals surface area contributed by atoms with E-state index in [1.165, 1.54) is 25.3 Å². The molecule has 2 aromatic carbocycles. The van der Waals surface area contributed by atoms with Gasteiger partial charge in [-0.3, -0.25) is 9.59 Å². The van der Waals surface area contributed by atoms with Crippen LogP contribution in [0.25, 0.3) is 0 Å².